The van der Waals surface area contributed by atoms with Crippen LogP contribution in [0, 0.1) is 0 Å². The molecule has 0 saturated carbocycles. The number of rotatable bonds is 5. The summed E-state index contributed by atoms with van der Waals surface area (Å²) in [5.74, 6) is 0.471. The quantitative estimate of drug-likeness (QED) is 0.537. The summed E-state index contributed by atoms with van der Waals surface area (Å²) in [5, 5.41) is 0.629. The Labute approximate surface area is 163 Å². The number of allylic oxidation sites excluding steroid dienone is 1. The Balaban J connectivity index is 1.96. The fourth-order valence-corrected chi connectivity index (χ4v) is 2.62. The Hall–Kier alpha value is -3.17. The molecular formula is C23H18ClNO2. The smallest absolute Gasteiger partial charge is 0.277 e. The highest BCUT2D eigenvalue weighted by atomic mass is 35.5. The van der Waals surface area contributed by atoms with Crippen LogP contribution in [0.15, 0.2) is 89.9 Å². The Morgan fingerprint density at radius 2 is 1.67 bits per heavy atom. The van der Waals surface area contributed by atoms with Gasteiger partial charge in [-0.15, -0.1) is 0 Å². The number of hydrogen-bond donors (Lipinski definition) is 0. The van der Waals surface area contributed by atoms with Crippen molar-refractivity contribution in [2.24, 2.45) is 4.99 Å². The van der Waals surface area contributed by atoms with Crippen LogP contribution < -0.4 is 4.74 Å². The molecule has 27 heavy (non-hydrogen) atoms. The van der Waals surface area contributed by atoms with Crippen LogP contribution in [-0.4, -0.2) is 18.7 Å². The first kappa shape index (κ1) is 18.6. The molecule has 0 aliphatic rings. The van der Waals surface area contributed by atoms with E-state index >= 15 is 0 Å². The summed E-state index contributed by atoms with van der Waals surface area (Å²) in [5.41, 5.74) is 2.85. The number of halogens is 1. The molecule has 0 atom stereocenters. The molecule has 1 amide bonds. The Morgan fingerprint density at radius 3 is 2.37 bits per heavy atom. The van der Waals surface area contributed by atoms with Gasteiger partial charge in [-0.05, 0) is 48.0 Å². The zero-order valence-electron chi connectivity index (χ0n) is 14.8. The number of hydrogen-bond acceptors (Lipinski definition) is 2. The molecule has 0 aliphatic carbocycles. The molecule has 3 aromatic carbocycles. The van der Waals surface area contributed by atoms with Crippen molar-refractivity contribution in [2.45, 2.75) is 0 Å². The van der Waals surface area contributed by atoms with Gasteiger partial charge in [0.05, 0.1) is 12.8 Å². The van der Waals surface area contributed by atoms with Crippen LogP contribution in [0.1, 0.15) is 21.5 Å². The van der Waals surface area contributed by atoms with Crippen LogP contribution in [0.3, 0.4) is 0 Å². The SMILES string of the molecule is COc1cccc(/C=C/C(=NC(=O)c2ccccc2)c2ccc(Cl)cc2)c1. The van der Waals surface area contributed by atoms with Gasteiger partial charge in [0.1, 0.15) is 5.75 Å². The maximum absolute atomic E-state index is 12.5. The molecule has 3 aromatic rings. The third-order valence-electron chi connectivity index (χ3n) is 3.91. The van der Waals surface area contributed by atoms with E-state index in [1.54, 1.807) is 31.4 Å². The van der Waals surface area contributed by atoms with Gasteiger partial charge in [0, 0.05) is 16.1 Å². The van der Waals surface area contributed by atoms with Crippen molar-refractivity contribution in [3.05, 3.63) is 107 Å². The van der Waals surface area contributed by atoms with Gasteiger partial charge in [-0.1, -0.05) is 60.1 Å². The van der Waals surface area contributed by atoms with Gasteiger partial charge in [0.25, 0.3) is 5.91 Å². The molecule has 0 radical (unpaired) electrons. The number of ether oxygens (including phenoxy) is 1. The summed E-state index contributed by atoms with van der Waals surface area (Å²) < 4.78 is 5.25. The lowest BCUT2D eigenvalue weighted by Gasteiger charge is -2.04. The lowest BCUT2D eigenvalue weighted by molar-refractivity contribution is 0.100. The second-order valence-electron chi connectivity index (χ2n) is 5.79. The highest BCUT2D eigenvalue weighted by Gasteiger charge is 2.07. The molecule has 0 aromatic heterocycles. The van der Waals surface area contributed by atoms with Crippen LogP contribution in [-0.2, 0) is 0 Å². The van der Waals surface area contributed by atoms with Crippen molar-refractivity contribution >= 4 is 29.3 Å². The molecule has 0 spiro atoms. The Bertz CT molecular complexity index is 977. The summed E-state index contributed by atoms with van der Waals surface area (Å²) in [6.45, 7) is 0. The number of amides is 1. The molecule has 0 aliphatic heterocycles. The van der Waals surface area contributed by atoms with Crippen LogP contribution in [0.4, 0.5) is 0 Å². The number of methoxy groups -OCH3 is 1. The van der Waals surface area contributed by atoms with Gasteiger partial charge < -0.3 is 4.74 Å². The molecule has 134 valence electrons. The second kappa shape index (κ2) is 8.97. The molecule has 0 unspecified atom stereocenters. The van der Waals surface area contributed by atoms with Crippen molar-refractivity contribution in [1.82, 2.24) is 0 Å². The van der Waals surface area contributed by atoms with E-state index in [9.17, 15) is 4.79 Å². The number of nitrogens with zero attached hydrogens (tertiary/aromatic N) is 1. The molecule has 3 nitrogen and oxygen atoms in total. The molecule has 0 heterocycles. The average Bonchev–Trinajstić information content (AvgIpc) is 2.72. The Morgan fingerprint density at radius 1 is 0.926 bits per heavy atom. The van der Waals surface area contributed by atoms with Crippen molar-refractivity contribution in [2.75, 3.05) is 7.11 Å². The van der Waals surface area contributed by atoms with E-state index in [1.165, 1.54) is 0 Å². The van der Waals surface area contributed by atoms with E-state index in [2.05, 4.69) is 4.99 Å². The monoisotopic (exact) mass is 375 g/mol. The number of carbonyl (C=O) groups is 1. The Kier molecular flexibility index (Phi) is 6.18. The van der Waals surface area contributed by atoms with Crippen molar-refractivity contribution < 1.29 is 9.53 Å². The zero-order chi connectivity index (χ0) is 19.1. The van der Waals surface area contributed by atoms with E-state index in [4.69, 9.17) is 16.3 Å². The second-order valence-corrected chi connectivity index (χ2v) is 6.22. The molecular weight excluding hydrogens is 358 g/mol. The summed E-state index contributed by atoms with van der Waals surface area (Å²) in [7, 11) is 1.63. The normalized spacial score (nSPS) is 11.6. The standard InChI is InChI=1S/C23H18ClNO2/c1-27-21-9-5-6-17(16-21)10-15-22(18-11-13-20(24)14-12-18)25-23(26)19-7-3-2-4-8-19/h2-16H,1H3/b15-10+,25-22?. The summed E-state index contributed by atoms with van der Waals surface area (Å²) in [6, 6.07) is 23.9. The van der Waals surface area contributed by atoms with Crippen LogP contribution in [0.5, 0.6) is 5.75 Å². The third kappa shape index (κ3) is 5.16. The minimum Gasteiger partial charge on any atom is -0.497 e. The van der Waals surface area contributed by atoms with Gasteiger partial charge >= 0.3 is 0 Å². The number of benzene rings is 3. The van der Waals surface area contributed by atoms with E-state index in [1.807, 2.05) is 66.7 Å². The van der Waals surface area contributed by atoms with Gasteiger partial charge in [0.2, 0.25) is 0 Å². The van der Waals surface area contributed by atoms with Crippen molar-refractivity contribution in [1.29, 1.82) is 0 Å². The number of aliphatic imine (C=N–C) groups is 1. The fourth-order valence-electron chi connectivity index (χ4n) is 2.49. The largest absolute Gasteiger partial charge is 0.497 e. The molecule has 3 rings (SSSR count). The van der Waals surface area contributed by atoms with E-state index in [-0.39, 0.29) is 5.91 Å². The van der Waals surface area contributed by atoms with E-state index in [0.29, 0.717) is 16.3 Å². The predicted octanol–water partition coefficient (Wildman–Crippen LogP) is 5.69. The molecule has 0 bridgehead atoms. The highest BCUT2D eigenvalue weighted by molar-refractivity contribution is 6.30. The van der Waals surface area contributed by atoms with Crippen LogP contribution in [0.2, 0.25) is 5.02 Å². The molecule has 0 saturated heterocycles. The first-order valence-corrected chi connectivity index (χ1v) is 8.79. The first-order chi connectivity index (χ1) is 13.2. The van der Waals surface area contributed by atoms with Gasteiger partial charge in [-0.3, -0.25) is 4.79 Å². The minimum absolute atomic E-state index is 0.296. The summed E-state index contributed by atoms with van der Waals surface area (Å²) in [4.78, 5) is 16.9. The van der Waals surface area contributed by atoms with Crippen LogP contribution >= 0.6 is 11.6 Å². The maximum Gasteiger partial charge on any atom is 0.277 e. The lowest BCUT2D eigenvalue weighted by Crippen LogP contribution is -2.03. The molecule has 4 heteroatoms. The van der Waals surface area contributed by atoms with Gasteiger partial charge in [0.15, 0.2) is 0 Å². The first-order valence-electron chi connectivity index (χ1n) is 8.42. The van der Waals surface area contributed by atoms with Crippen molar-refractivity contribution in [3.8, 4) is 5.75 Å². The average molecular weight is 376 g/mol. The van der Waals surface area contributed by atoms with Crippen molar-refractivity contribution in [3.63, 3.8) is 0 Å². The fraction of sp³-hybridized carbons (Fsp3) is 0.0435. The number of carbonyl (C=O) groups excluding carboxylic acids is 1. The topological polar surface area (TPSA) is 38.7 Å². The highest BCUT2D eigenvalue weighted by Crippen LogP contribution is 2.16. The summed E-state index contributed by atoms with van der Waals surface area (Å²) >= 11 is 5.99. The molecule has 0 fully saturated rings. The van der Waals surface area contributed by atoms with Crippen LogP contribution in [0.25, 0.3) is 6.08 Å². The van der Waals surface area contributed by atoms with E-state index < -0.39 is 0 Å². The third-order valence-corrected chi connectivity index (χ3v) is 4.16. The summed E-state index contributed by atoms with van der Waals surface area (Å²) in [6.07, 6.45) is 3.72. The zero-order valence-corrected chi connectivity index (χ0v) is 15.6. The van der Waals surface area contributed by atoms with Gasteiger partial charge in [-0.2, -0.15) is 0 Å². The lowest BCUT2D eigenvalue weighted by atomic mass is 10.1. The van der Waals surface area contributed by atoms with E-state index in [0.717, 1.165) is 16.9 Å². The molecule has 0 N–H and O–H groups in total. The predicted molar refractivity (Wildman–Crippen MR) is 111 cm³/mol. The van der Waals surface area contributed by atoms with Gasteiger partial charge in [-0.25, -0.2) is 4.99 Å². The maximum atomic E-state index is 12.5. The minimum atomic E-state index is -0.296.